The van der Waals surface area contributed by atoms with Crippen LogP contribution in [0.15, 0.2) is 34.8 Å². The molecular weight excluding hydrogens is 402 g/mol. The van der Waals surface area contributed by atoms with E-state index in [2.05, 4.69) is 39.6 Å². The number of nitrogens with zero attached hydrogens (tertiary/aromatic N) is 2. The third-order valence-electron chi connectivity index (χ3n) is 4.98. The predicted octanol–water partition coefficient (Wildman–Crippen LogP) is 4.09. The molecule has 0 bridgehead atoms. The molecule has 1 saturated heterocycles. The van der Waals surface area contributed by atoms with E-state index in [1.165, 1.54) is 0 Å². The highest BCUT2D eigenvalue weighted by atomic mass is 79.9. The number of aryl methyl sites for hydroxylation is 1. The van der Waals surface area contributed by atoms with Crippen LogP contribution >= 0.6 is 28.3 Å². The Morgan fingerprint density at radius 3 is 2.64 bits per heavy atom. The van der Waals surface area contributed by atoms with Crippen molar-refractivity contribution in [1.82, 2.24) is 9.47 Å². The van der Waals surface area contributed by atoms with E-state index in [9.17, 15) is 4.79 Å². The number of rotatable bonds is 3. The van der Waals surface area contributed by atoms with E-state index >= 15 is 0 Å². The Kier molecular flexibility index (Phi) is 6.35. The molecule has 4 nitrogen and oxygen atoms in total. The quantitative estimate of drug-likeness (QED) is 0.803. The normalized spacial score (nSPS) is 19.8. The molecule has 2 unspecified atom stereocenters. The zero-order valence-electron chi connectivity index (χ0n) is 14.8. The number of amides is 1. The van der Waals surface area contributed by atoms with Crippen LogP contribution in [0.2, 0.25) is 0 Å². The Morgan fingerprint density at radius 1 is 1.32 bits per heavy atom. The first kappa shape index (κ1) is 20.0. The highest BCUT2D eigenvalue weighted by molar-refractivity contribution is 9.10. The molecule has 6 heteroatoms. The summed E-state index contributed by atoms with van der Waals surface area (Å²) >= 11 is 3.52. The molecule has 1 aliphatic rings. The van der Waals surface area contributed by atoms with Crippen molar-refractivity contribution in [2.45, 2.75) is 33.2 Å². The number of benzene rings is 1. The van der Waals surface area contributed by atoms with Gasteiger partial charge in [-0.3, -0.25) is 4.79 Å². The van der Waals surface area contributed by atoms with Crippen molar-refractivity contribution in [3.8, 4) is 5.69 Å². The Morgan fingerprint density at radius 2 is 2.04 bits per heavy atom. The highest BCUT2D eigenvalue weighted by Crippen LogP contribution is 2.28. The molecular formula is C19H25BrClN3O. The highest BCUT2D eigenvalue weighted by Gasteiger charge is 2.33. The maximum Gasteiger partial charge on any atom is 0.255 e. The third-order valence-corrected chi connectivity index (χ3v) is 5.48. The van der Waals surface area contributed by atoms with Gasteiger partial charge in [-0.05, 0) is 63.9 Å². The van der Waals surface area contributed by atoms with Crippen LogP contribution in [0, 0.1) is 19.8 Å². The maximum absolute atomic E-state index is 13.1. The minimum absolute atomic E-state index is 0. The Balaban J connectivity index is 0.00000225. The van der Waals surface area contributed by atoms with Gasteiger partial charge in [0.2, 0.25) is 0 Å². The second kappa shape index (κ2) is 7.94. The van der Waals surface area contributed by atoms with Gasteiger partial charge in [0.05, 0.1) is 5.56 Å². The number of nitrogens with two attached hydrogens (primary N) is 1. The van der Waals surface area contributed by atoms with Crippen LogP contribution in [0.1, 0.15) is 35.1 Å². The lowest BCUT2D eigenvalue weighted by atomic mass is 10.1. The van der Waals surface area contributed by atoms with Gasteiger partial charge in [0.15, 0.2) is 0 Å². The number of halogens is 2. The summed E-state index contributed by atoms with van der Waals surface area (Å²) in [7, 11) is 0. The average Bonchev–Trinajstić information content (AvgIpc) is 3.06. The minimum atomic E-state index is 0. The van der Waals surface area contributed by atoms with Gasteiger partial charge in [-0.15, -0.1) is 12.4 Å². The number of hydrogen-bond donors (Lipinski definition) is 1. The SMILES string of the molecule is Cc1cc(C(=O)N2CC(CN)CC2C)c(C)n1-c1cccc(Br)c1.Cl. The zero-order chi connectivity index (χ0) is 17.4. The van der Waals surface area contributed by atoms with E-state index in [0.717, 1.165) is 40.1 Å². The fourth-order valence-electron chi connectivity index (χ4n) is 3.74. The number of aromatic nitrogens is 1. The third kappa shape index (κ3) is 3.78. The number of likely N-dealkylation sites (tertiary alicyclic amines) is 1. The first-order chi connectivity index (χ1) is 11.4. The largest absolute Gasteiger partial charge is 0.336 e. The lowest BCUT2D eigenvalue weighted by Crippen LogP contribution is -2.34. The summed E-state index contributed by atoms with van der Waals surface area (Å²) in [6, 6.07) is 10.4. The zero-order valence-corrected chi connectivity index (χ0v) is 17.2. The molecule has 2 N–H and O–H groups in total. The fourth-order valence-corrected chi connectivity index (χ4v) is 4.13. The number of hydrogen-bond acceptors (Lipinski definition) is 2. The van der Waals surface area contributed by atoms with E-state index < -0.39 is 0 Å². The smallest absolute Gasteiger partial charge is 0.255 e. The number of carbonyl (C=O) groups is 1. The van der Waals surface area contributed by atoms with Crippen LogP contribution in [-0.2, 0) is 0 Å². The van der Waals surface area contributed by atoms with Crippen LogP contribution in [0.4, 0.5) is 0 Å². The fraction of sp³-hybridized carbons (Fsp3) is 0.421. The van der Waals surface area contributed by atoms with Gasteiger partial charge < -0.3 is 15.2 Å². The Labute approximate surface area is 163 Å². The monoisotopic (exact) mass is 425 g/mol. The van der Waals surface area contributed by atoms with E-state index in [0.29, 0.717) is 12.5 Å². The van der Waals surface area contributed by atoms with Crippen molar-refractivity contribution in [1.29, 1.82) is 0 Å². The molecule has 2 heterocycles. The molecule has 2 aromatic rings. The molecule has 136 valence electrons. The van der Waals surface area contributed by atoms with Crippen LogP contribution in [0.5, 0.6) is 0 Å². The van der Waals surface area contributed by atoms with Gasteiger partial charge in [0.25, 0.3) is 5.91 Å². The standard InChI is InChI=1S/C19H24BrN3O.ClH/c1-12-7-15(10-21)11-22(12)19(24)18-8-13(2)23(14(18)3)17-6-4-5-16(20)9-17;/h4-6,8-9,12,15H,7,10-11,21H2,1-3H3;1H. The van der Waals surface area contributed by atoms with Crippen molar-refractivity contribution < 1.29 is 4.79 Å². The molecule has 1 aromatic heterocycles. The van der Waals surface area contributed by atoms with E-state index in [-0.39, 0.29) is 24.4 Å². The minimum Gasteiger partial charge on any atom is -0.336 e. The molecule has 0 radical (unpaired) electrons. The molecule has 1 amide bonds. The van der Waals surface area contributed by atoms with Gasteiger partial charge >= 0.3 is 0 Å². The summed E-state index contributed by atoms with van der Waals surface area (Å²) in [6.45, 7) is 7.58. The van der Waals surface area contributed by atoms with Crippen LogP contribution < -0.4 is 5.73 Å². The molecule has 0 spiro atoms. The Bertz CT molecular complexity index is 774. The van der Waals surface area contributed by atoms with Crippen molar-refractivity contribution in [2.75, 3.05) is 13.1 Å². The maximum atomic E-state index is 13.1. The van der Waals surface area contributed by atoms with Gasteiger partial charge in [-0.25, -0.2) is 0 Å². The van der Waals surface area contributed by atoms with Crippen LogP contribution in [0.3, 0.4) is 0 Å². The molecule has 1 aromatic carbocycles. The summed E-state index contributed by atoms with van der Waals surface area (Å²) in [5.74, 6) is 0.533. The summed E-state index contributed by atoms with van der Waals surface area (Å²) in [4.78, 5) is 15.0. The van der Waals surface area contributed by atoms with Gasteiger partial charge in [-0.2, -0.15) is 0 Å². The first-order valence-corrected chi connectivity index (χ1v) is 9.17. The molecule has 2 atom stereocenters. The average molecular weight is 427 g/mol. The lowest BCUT2D eigenvalue weighted by Gasteiger charge is -2.21. The van der Waals surface area contributed by atoms with Crippen molar-refractivity contribution >= 4 is 34.2 Å². The molecule has 1 fully saturated rings. The molecule has 0 saturated carbocycles. The lowest BCUT2D eigenvalue weighted by molar-refractivity contribution is 0.0742. The van der Waals surface area contributed by atoms with Crippen molar-refractivity contribution in [3.05, 3.63) is 51.8 Å². The van der Waals surface area contributed by atoms with Gasteiger partial charge in [0.1, 0.15) is 0 Å². The van der Waals surface area contributed by atoms with E-state index in [1.54, 1.807) is 0 Å². The van der Waals surface area contributed by atoms with Crippen LogP contribution in [-0.4, -0.2) is 34.5 Å². The van der Waals surface area contributed by atoms with E-state index in [1.807, 2.05) is 36.9 Å². The topological polar surface area (TPSA) is 51.3 Å². The molecule has 1 aliphatic heterocycles. The van der Waals surface area contributed by atoms with Crippen molar-refractivity contribution in [2.24, 2.45) is 11.7 Å². The second-order valence-corrected chi connectivity index (χ2v) is 7.66. The molecule has 25 heavy (non-hydrogen) atoms. The summed E-state index contributed by atoms with van der Waals surface area (Å²) in [5.41, 5.74) is 9.70. The molecule has 3 rings (SSSR count). The van der Waals surface area contributed by atoms with Crippen molar-refractivity contribution in [3.63, 3.8) is 0 Å². The molecule has 0 aliphatic carbocycles. The summed E-state index contributed by atoms with van der Waals surface area (Å²) in [5, 5.41) is 0. The number of carbonyl (C=O) groups excluding carboxylic acids is 1. The van der Waals surface area contributed by atoms with Crippen LogP contribution in [0.25, 0.3) is 5.69 Å². The summed E-state index contributed by atoms with van der Waals surface area (Å²) < 4.78 is 3.17. The Hall–Kier alpha value is -1.30. The predicted molar refractivity (Wildman–Crippen MR) is 108 cm³/mol. The second-order valence-electron chi connectivity index (χ2n) is 6.74. The van der Waals surface area contributed by atoms with Gasteiger partial charge in [-0.1, -0.05) is 22.0 Å². The van der Waals surface area contributed by atoms with E-state index in [4.69, 9.17) is 5.73 Å². The first-order valence-electron chi connectivity index (χ1n) is 8.38. The van der Waals surface area contributed by atoms with Gasteiger partial charge in [0, 0.05) is 34.1 Å². The summed E-state index contributed by atoms with van der Waals surface area (Å²) in [6.07, 6.45) is 0.993.